The average molecular weight is 212 g/mol. The molecule has 0 aliphatic rings. The number of nitrogens with zero attached hydrogens (tertiary/aromatic N) is 2. The van der Waals surface area contributed by atoms with E-state index >= 15 is 0 Å². The molecule has 2 aromatic rings. The zero-order valence-electron chi connectivity index (χ0n) is 9.05. The molecule has 0 saturated carbocycles. The summed E-state index contributed by atoms with van der Waals surface area (Å²) in [5.74, 6) is 0.0213. The number of hydrogen-bond acceptors (Lipinski definition) is 3. The Morgan fingerprint density at radius 2 is 2.19 bits per heavy atom. The molecule has 0 aliphatic carbocycles. The molecule has 0 bridgehead atoms. The molecule has 0 radical (unpaired) electrons. The van der Waals surface area contributed by atoms with Crippen molar-refractivity contribution in [2.45, 2.75) is 13.3 Å². The third kappa shape index (κ3) is 2.51. The summed E-state index contributed by atoms with van der Waals surface area (Å²) in [5.41, 5.74) is 2.65. The molecule has 0 saturated heterocycles. The summed E-state index contributed by atoms with van der Waals surface area (Å²) in [5, 5.41) is 0. The molecular formula is C13H12N2O. The monoisotopic (exact) mass is 212 g/mol. The van der Waals surface area contributed by atoms with Crippen LogP contribution >= 0.6 is 0 Å². The Morgan fingerprint density at radius 1 is 1.31 bits per heavy atom. The van der Waals surface area contributed by atoms with Gasteiger partial charge in [0.05, 0.1) is 0 Å². The van der Waals surface area contributed by atoms with Crippen LogP contribution in [0.4, 0.5) is 0 Å². The minimum Gasteiger partial charge on any atom is -0.292 e. The fourth-order valence-electron chi connectivity index (χ4n) is 1.55. The van der Waals surface area contributed by atoms with Gasteiger partial charge in [-0.05, 0) is 18.6 Å². The van der Waals surface area contributed by atoms with Crippen LogP contribution in [0.1, 0.15) is 21.6 Å². The highest BCUT2D eigenvalue weighted by atomic mass is 16.1. The fraction of sp³-hybridized carbons (Fsp3) is 0.154. The minimum atomic E-state index is 0.0213. The van der Waals surface area contributed by atoms with E-state index in [1.165, 1.54) is 6.33 Å². The maximum absolute atomic E-state index is 11.8. The van der Waals surface area contributed by atoms with E-state index in [9.17, 15) is 4.79 Å². The van der Waals surface area contributed by atoms with Crippen molar-refractivity contribution in [3.8, 4) is 0 Å². The molecule has 3 nitrogen and oxygen atoms in total. The van der Waals surface area contributed by atoms with Gasteiger partial charge in [-0.1, -0.05) is 29.8 Å². The molecule has 1 aromatic heterocycles. The first-order chi connectivity index (χ1) is 7.75. The van der Waals surface area contributed by atoms with Gasteiger partial charge in [-0.2, -0.15) is 0 Å². The molecule has 1 aromatic carbocycles. The third-order valence-electron chi connectivity index (χ3n) is 2.31. The molecule has 2 rings (SSSR count). The molecule has 16 heavy (non-hydrogen) atoms. The molecule has 0 fully saturated rings. The topological polar surface area (TPSA) is 42.9 Å². The lowest BCUT2D eigenvalue weighted by Crippen LogP contribution is -2.05. The van der Waals surface area contributed by atoms with Gasteiger partial charge in [-0.25, -0.2) is 9.97 Å². The van der Waals surface area contributed by atoms with Gasteiger partial charge in [0.25, 0.3) is 0 Å². The lowest BCUT2D eigenvalue weighted by Gasteiger charge is -2.01. The van der Waals surface area contributed by atoms with Gasteiger partial charge in [0.2, 0.25) is 0 Å². The van der Waals surface area contributed by atoms with Gasteiger partial charge in [-0.3, -0.25) is 4.79 Å². The summed E-state index contributed by atoms with van der Waals surface area (Å²) < 4.78 is 0. The van der Waals surface area contributed by atoms with Gasteiger partial charge < -0.3 is 0 Å². The summed E-state index contributed by atoms with van der Waals surface area (Å²) in [7, 11) is 0. The number of Topliss-reactive ketones (excluding diaryl/α,β-unsaturated/α-hetero) is 1. The van der Waals surface area contributed by atoms with Gasteiger partial charge in [0.15, 0.2) is 5.78 Å². The van der Waals surface area contributed by atoms with Crippen LogP contribution in [0.3, 0.4) is 0 Å². The lowest BCUT2D eigenvalue weighted by atomic mass is 10.0. The molecule has 0 spiro atoms. The zero-order valence-corrected chi connectivity index (χ0v) is 9.05. The van der Waals surface area contributed by atoms with Gasteiger partial charge in [0, 0.05) is 12.6 Å². The molecule has 1 heterocycles. The first-order valence-corrected chi connectivity index (χ1v) is 5.10. The number of rotatable bonds is 3. The number of carbonyl (C=O) groups excluding carboxylic acids is 1. The number of ketones is 1. The van der Waals surface area contributed by atoms with Gasteiger partial charge in [0.1, 0.15) is 12.0 Å². The van der Waals surface area contributed by atoms with Crippen LogP contribution in [0, 0.1) is 6.92 Å². The van der Waals surface area contributed by atoms with Gasteiger partial charge >= 0.3 is 0 Å². The molecule has 80 valence electrons. The van der Waals surface area contributed by atoms with Crippen molar-refractivity contribution < 1.29 is 4.79 Å². The molecule has 0 aliphatic heterocycles. The Hall–Kier alpha value is -2.03. The first-order valence-electron chi connectivity index (χ1n) is 5.10. The number of aromatic nitrogens is 2. The summed E-state index contributed by atoms with van der Waals surface area (Å²) in [6, 6.07) is 9.57. The van der Waals surface area contributed by atoms with E-state index in [1.807, 2.05) is 31.2 Å². The second-order valence-electron chi connectivity index (χ2n) is 3.68. The molecular weight excluding hydrogens is 200 g/mol. The molecule has 0 atom stereocenters. The van der Waals surface area contributed by atoms with Crippen molar-refractivity contribution in [3.63, 3.8) is 0 Å². The highest BCUT2D eigenvalue weighted by Crippen LogP contribution is 2.07. The Morgan fingerprint density at radius 3 is 2.88 bits per heavy atom. The van der Waals surface area contributed by atoms with E-state index in [0.717, 1.165) is 11.1 Å². The molecule has 3 heteroatoms. The van der Waals surface area contributed by atoms with Crippen LogP contribution in [0.15, 0.2) is 42.9 Å². The summed E-state index contributed by atoms with van der Waals surface area (Å²) in [4.78, 5) is 19.6. The maximum Gasteiger partial charge on any atom is 0.185 e. The standard InChI is InChI=1S/C13H12N2O/c1-10-3-2-4-11(7-10)8-13(16)12-5-6-14-9-15-12/h2-7,9H,8H2,1H3. The van der Waals surface area contributed by atoms with Crippen molar-refractivity contribution in [2.24, 2.45) is 0 Å². The van der Waals surface area contributed by atoms with Crippen LogP contribution in [0.5, 0.6) is 0 Å². The van der Waals surface area contributed by atoms with E-state index < -0.39 is 0 Å². The van der Waals surface area contributed by atoms with Crippen molar-refractivity contribution >= 4 is 5.78 Å². The summed E-state index contributed by atoms with van der Waals surface area (Å²) in [6.45, 7) is 2.01. The normalized spacial score (nSPS) is 10.1. The number of hydrogen-bond donors (Lipinski definition) is 0. The van der Waals surface area contributed by atoms with Crippen molar-refractivity contribution in [1.82, 2.24) is 9.97 Å². The quantitative estimate of drug-likeness (QED) is 0.732. The Bertz CT molecular complexity index is 494. The van der Waals surface area contributed by atoms with Crippen LogP contribution in [-0.2, 0) is 6.42 Å². The summed E-state index contributed by atoms with van der Waals surface area (Å²) >= 11 is 0. The SMILES string of the molecule is Cc1cccc(CC(=O)c2ccncn2)c1. The van der Waals surface area contributed by atoms with Crippen LogP contribution in [-0.4, -0.2) is 15.8 Å². The predicted molar refractivity (Wildman–Crippen MR) is 61.2 cm³/mol. The number of carbonyl (C=O) groups is 1. The predicted octanol–water partition coefficient (Wildman–Crippen LogP) is 2.21. The van der Waals surface area contributed by atoms with Crippen molar-refractivity contribution in [3.05, 3.63) is 59.7 Å². The van der Waals surface area contributed by atoms with Crippen LogP contribution in [0.25, 0.3) is 0 Å². The highest BCUT2D eigenvalue weighted by molar-refractivity contribution is 5.95. The lowest BCUT2D eigenvalue weighted by molar-refractivity contribution is 0.0988. The number of aryl methyl sites for hydroxylation is 1. The number of benzene rings is 1. The highest BCUT2D eigenvalue weighted by Gasteiger charge is 2.07. The van der Waals surface area contributed by atoms with Gasteiger partial charge in [-0.15, -0.1) is 0 Å². The van der Waals surface area contributed by atoms with Crippen molar-refractivity contribution in [1.29, 1.82) is 0 Å². The largest absolute Gasteiger partial charge is 0.292 e. The molecule has 0 unspecified atom stereocenters. The Kier molecular flexibility index (Phi) is 3.05. The molecule has 0 N–H and O–H groups in total. The van der Waals surface area contributed by atoms with E-state index in [0.29, 0.717) is 12.1 Å². The zero-order chi connectivity index (χ0) is 11.4. The first kappa shape index (κ1) is 10.5. The van der Waals surface area contributed by atoms with E-state index in [-0.39, 0.29) is 5.78 Å². The van der Waals surface area contributed by atoms with Crippen LogP contribution < -0.4 is 0 Å². The van der Waals surface area contributed by atoms with Crippen LogP contribution in [0.2, 0.25) is 0 Å². The average Bonchev–Trinajstić information content (AvgIpc) is 2.30. The minimum absolute atomic E-state index is 0.0213. The van der Waals surface area contributed by atoms with E-state index in [2.05, 4.69) is 9.97 Å². The smallest absolute Gasteiger partial charge is 0.185 e. The Balaban J connectivity index is 2.14. The van der Waals surface area contributed by atoms with Crippen molar-refractivity contribution in [2.75, 3.05) is 0 Å². The fourth-order valence-corrected chi connectivity index (χ4v) is 1.55. The summed E-state index contributed by atoms with van der Waals surface area (Å²) in [6.07, 6.45) is 3.36. The second-order valence-corrected chi connectivity index (χ2v) is 3.68. The molecule has 0 amide bonds. The maximum atomic E-state index is 11.8. The Labute approximate surface area is 94.2 Å². The van der Waals surface area contributed by atoms with E-state index in [4.69, 9.17) is 0 Å². The third-order valence-corrected chi connectivity index (χ3v) is 2.31. The van der Waals surface area contributed by atoms with E-state index in [1.54, 1.807) is 12.3 Å². The second kappa shape index (κ2) is 4.66.